The molecule has 0 bridgehead atoms. The van der Waals surface area contributed by atoms with Crippen molar-refractivity contribution >= 4 is 5.91 Å². The second kappa shape index (κ2) is 9.57. The highest BCUT2D eigenvalue weighted by atomic mass is 16.5. The van der Waals surface area contributed by atoms with Gasteiger partial charge in [0.15, 0.2) is 0 Å². The number of hydrogen-bond donors (Lipinski definition) is 1. The first kappa shape index (κ1) is 19.4. The molecule has 0 spiro atoms. The Morgan fingerprint density at radius 3 is 2.70 bits per heavy atom. The summed E-state index contributed by atoms with van der Waals surface area (Å²) in [5, 5.41) is 14.3. The Balaban J connectivity index is 1.67. The fourth-order valence-corrected chi connectivity index (χ4v) is 3.70. The predicted octanol–water partition coefficient (Wildman–Crippen LogP) is 1.53. The Bertz CT molecular complexity index is 711. The van der Waals surface area contributed by atoms with Gasteiger partial charge in [-0.1, -0.05) is 32.8 Å². The molecule has 0 saturated carbocycles. The van der Waals surface area contributed by atoms with Gasteiger partial charge in [0.2, 0.25) is 0 Å². The maximum absolute atomic E-state index is 12.7. The maximum Gasteiger partial charge on any atom is 0.251 e. The number of aromatic nitrogens is 4. The monoisotopic (exact) mass is 372 g/mol. The van der Waals surface area contributed by atoms with Gasteiger partial charge in [-0.05, 0) is 34.5 Å². The van der Waals surface area contributed by atoms with Crippen molar-refractivity contribution in [3.8, 4) is 5.69 Å². The number of nitrogens with one attached hydrogen (secondary N) is 1. The standard InChI is InChI=1S/C19H28N6O2/c1-3-15(4-2)18(24-8-10-27-11-9-24)13-20-19(26)16-6-5-7-17(12-16)25-14-21-22-23-25/h5-7,12,14-15,18H,3-4,8-11,13H2,1-2H3,(H,20,26). The molecule has 1 atom stereocenters. The summed E-state index contributed by atoms with van der Waals surface area (Å²) in [4.78, 5) is 15.2. The van der Waals surface area contributed by atoms with Crippen LogP contribution < -0.4 is 5.32 Å². The number of nitrogens with zero attached hydrogens (tertiary/aromatic N) is 5. The van der Waals surface area contributed by atoms with E-state index >= 15 is 0 Å². The summed E-state index contributed by atoms with van der Waals surface area (Å²) >= 11 is 0. The van der Waals surface area contributed by atoms with E-state index in [0.717, 1.165) is 44.8 Å². The van der Waals surface area contributed by atoms with Crippen LogP contribution in [0.15, 0.2) is 30.6 Å². The molecule has 1 N–H and O–H groups in total. The fourth-order valence-electron chi connectivity index (χ4n) is 3.70. The van der Waals surface area contributed by atoms with E-state index in [0.29, 0.717) is 24.1 Å². The molecule has 1 unspecified atom stereocenters. The molecule has 146 valence electrons. The first-order chi connectivity index (χ1) is 13.2. The molecular formula is C19H28N6O2. The average Bonchev–Trinajstić information content (AvgIpc) is 3.26. The van der Waals surface area contributed by atoms with Gasteiger partial charge >= 0.3 is 0 Å². The van der Waals surface area contributed by atoms with E-state index in [1.54, 1.807) is 6.07 Å². The number of amides is 1. The molecule has 1 fully saturated rings. The quantitative estimate of drug-likeness (QED) is 0.756. The van der Waals surface area contributed by atoms with Crippen LogP contribution in [0.4, 0.5) is 0 Å². The van der Waals surface area contributed by atoms with E-state index in [4.69, 9.17) is 4.74 Å². The molecular weight excluding hydrogens is 344 g/mol. The van der Waals surface area contributed by atoms with Crippen molar-refractivity contribution in [1.82, 2.24) is 30.4 Å². The molecule has 1 aliphatic heterocycles. The van der Waals surface area contributed by atoms with Gasteiger partial charge in [0, 0.05) is 31.2 Å². The highest BCUT2D eigenvalue weighted by molar-refractivity contribution is 5.94. The zero-order valence-corrected chi connectivity index (χ0v) is 16.0. The molecule has 0 radical (unpaired) electrons. The fraction of sp³-hybridized carbons (Fsp3) is 0.579. The molecule has 2 heterocycles. The van der Waals surface area contributed by atoms with Crippen LogP contribution in [0.3, 0.4) is 0 Å². The topological polar surface area (TPSA) is 85.2 Å². The van der Waals surface area contributed by atoms with Gasteiger partial charge < -0.3 is 10.1 Å². The lowest BCUT2D eigenvalue weighted by atomic mass is 9.92. The molecule has 8 nitrogen and oxygen atoms in total. The van der Waals surface area contributed by atoms with Crippen molar-refractivity contribution in [2.75, 3.05) is 32.8 Å². The Kier molecular flexibility index (Phi) is 6.89. The van der Waals surface area contributed by atoms with Gasteiger partial charge in [-0.15, -0.1) is 5.10 Å². The van der Waals surface area contributed by atoms with Crippen molar-refractivity contribution < 1.29 is 9.53 Å². The van der Waals surface area contributed by atoms with Gasteiger partial charge in [-0.3, -0.25) is 9.69 Å². The summed E-state index contributed by atoms with van der Waals surface area (Å²) in [5.74, 6) is 0.477. The van der Waals surface area contributed by atoms with E-state index in [1.165, 1.54) is 11.0 Å². The second-order valence-electron chi connectivity index (χ2n) is 6.81. The highest BCUT2D eigenvalue weighted by Gasteiger charge is 2.27. The van der Waals surface area contributed by atoms with Crippen LogP contribution in [0.2, 0.25) is 0 Å². The van der Waals surface area contributed by atoms with E-state index in [1.807, 2.05) is 18.2 Å². The largest absolute Gasteiger partial charge is 0.379 e. The van der Waals surface area contributed by atoms with Crippen LogP contribution in [-0.4, -0.2) is 69.9 Å². The predicted molar refractivity (Wildman–Crippen MR) is 102 cm³/mol. The smallest absolute Gasteiger partial charge is 0.251 e. The van der Waals surface area contributed by atoms with Crippen LogP contribution in [-0.2, 0) is 4.74 Å². The molecule has 2 aromatic rings. The SMILES string of the molecule is CCC(CC)C(CNC(=O)c1cccc(-n2cnnn2)c1)N1CCOCC1. The van der Waals surface area contributed by atoms with Gasteiger partial charge in [-0.2, -0.15) is 0 Å². The summed E-state index contributed by atoms with van der Waals surface area (Å²) in [7, 11) is 0. The first-order valence-corrected chi connectivity index (χ1v) is 9.66. The van der Waals surface area contributed by atoms with E-state index < -0.39 is 0 Å². The third-order valence-electron chi connectivity index (χ3n) is 5.30. The highest BCUT2D eigenvalue weighted by Crippen LogP contribution is 2.20. The van der Waals surface area contributed by atoms with E-state index in [2.05, 4.69) is 39.6 Å². The lowest BCUT2D eigenvalue weighted by Gasteiger charge is -2.38. The summed E-state index contributed by atoms with van der Waals surface area (Å²) in [6.07, 6.45) is 3.71. The second-order valence-corrected chi connectivity index (χ2v) is 6.81. The van der Waals surface area contributed by atoms with Crippen LogP contribution in [0.1, 0.15) is 37.0 Å². The maximum atomic E-state index is 12.7. The molecule has 3 rings (SSSR count). The normalized spacial score (nSPS) is 16.4. The average molecular weight is 372 g/mol. The van der Waals surface area contributed by atoms with Gasteiger partial charge in [-0.25, -0.2) is 4.68 Å². The minimum Gasteiger partial charge on any atom is -0.379 e. The number of ether oxygens (including phenoxy) is 1. The molecule has 1 saturated heterocycles. The van der Waals surface area contributed by atoms with Crippen LogP contribution >= 0.6 is 0 Å². The van der Waals surface area contributed by atoms with Crippen molar-refractivity contribution in [1.29, 1.82) is 0 Å². The summed E-state index contributed by atoms with van der Waals surface area (Å²) in [6, 6.07) is 7.65. The molecule has 1 aromatic carbocycles. The Hall–Kier alpha value is -2.32. The van der Waals surface area contributed by atoms with Crippen molar-refractivity contribution in [2.45, 2.75) is 32.7 Å². The molecule has 0 aliphatic carbocycles. The third kappa shape index (κ3) is 4.90. The lowest BCUT2D eigenvalue weighted by molar-refractivity contribution is 0.00191. The number of morpholine rings is 1. The number of carbonyl (C=O) groups excluding carboxylic acids is 1. The first-order valence-electron chi connectivity index (χ1n) is 9.66. The third-order valence-corrected chi connectivity index (χ3v) is 5.30. The molecule has 1 aromatic heterocycles. The Morgan fingerprint density at radius 2 is 2.04 bits per heavy atom. The van der Waals surface area contributed by atoms with Crippen LogP contribution in [0, 0.1) is 5.92 Å². The minimum atomic E-state index is -0.0749. The van der Waals surface area contributed by atoms with Crippen LogP contribution in [0.5, 0.6) is 0 Å². The van der Waals surface area contributed by atoms with Gasteiger partial charge in [0.05, 0.1) is 18.9 Å². The van der Waals surface area contributed by atoms with Crippen LogP contribution in [0.25, 0.3) is 5.69 Å². The number of hydrogen-bond acceptors (Lipinski definition) is 6. The van der Waals surface area contributed by atoms with Crippen molar-refractivity contribution in [3.05, 3.63) is 36.2 Å². The number of rotatable bonds is 8. The minimum absolute atomic E-state index is 0.0749. The van der Waals surface area contributed by atoms with E-state index in [9.17, 15) is 4.79 Å². The van der Waals surface area contributed by atoms with Gasteiger partial charge in [0.25, 0.3) is 5.91 Å². The van der Waals surface area contributed by atoms with Crippen molar-refractivity contribution in [2.24, 2.45) is 5.92 Å². The Morgan fingerprint density at radius 1 is 1.26 bits per heavy atom. The zero-order chi connectivity index (χ0) is 19.1. The van der Waals surface area contributed by atoms with E-state index in [-0.39, 0.29) is 5.91 Å². The molecule has 1 amide bonds. The summed E-state index contributed by atoms with van der Waals surface area (Å²) in [6.45, 7) is 8.45. The zero-order valence-electron chi connectivity index (χ0n) is 16.0. The molecule has 1 aliphatic rings. The lowest BCUT2D eigenvalue weighted by Crippen LogP contribution is -2.52. The number of tetrazole rings is 1. The van der Waals surface area contributed by atoms with Gasteiger partial charge in [0.1, 0.15) is 6.33 Å². The molecule has 8 heteroatoms. The summed E-state index contributed by atoms with van der Waals surface area (Å²) in [5.41, 5.74) is 1.37. The molecule has 27 heavy (non-hydrogen) atoms. The Labute approximate surface area is 159 Å². The van der Waals surface area contributed by atoms with Crippen molar-refractivity contribution in [3.63, 3.8) is 0 Å². The number of benzene rings is 1. The summed E-state index contributed by atoms with van der Waals surface area (Å²) < 4.78 is 7.03. The number of carbonyl (C=O) groups is 1.